The second kappa shape index (κ2) is 6.89. The molecule has 1 N–H and O–H groups in total. The molecule has 0 aliphatic carbocycles. The van der Waals surface area contributed by atoms with Gasteiger partial charge in [-0.05, 0) is 6.92 Å². The number of alkyl halides is 1. The van der Waals surface area contributed by atoms with E-state index in [1.165, 1.54) is 0 Å². The van der Waals surface area contributed by atoms with Crippen LogP contribution in [0.5, 0.6) is 0 Å². The maximum atomic E-state index is 8.23. The van der Waals surface area contributed by atoms with Gasteiger partial charge in [-0.15, -0.1) is 11.6 Å². The van der Waals surface area contributed by atoms with Gasteiger partial charge in [0.05, 0.1) is 6.10 Å². The second-order valence-corrected chi connectivity index (χ2v) is 1.31. The molecule has 33 valence electrons. The van der Waals surface area contributed by atoms with Crippen LogP contribution in [-0.4, -0.2) is 68.5 Å². The summed E-state index contributed by atoms with van der Waals surface area (Å²) in [4.78, 5) is 0. The van der Waals surface area contributed by atoms with Gasteiger partial charge in [0.25, 0.3) is 0 Å². The third-order valence-corrected chi connectivity index (χ3v) is 0.670. The Morgan fingerprint density at radius 1 is 1.83 bits per heavy atom. The van der Waals surface area contributed by atoms with Crippen molar-refractivity contribution in [1.29, 1.82) is 0 Å². The van der Waals surface area contributed by atoms with Crippen molar-refractivity contribution in [3.05, 3.63) is 0 Å². The fourth-order valence-corrected chi connectivity index (χ4v) is 0. The zero-order valence-corrected chi connectivity index (χ0v) is 7.99. The third kappa shape index (κ3) is 9.31. The van der Waals surface area contributed by atoms with Crippen molar-refractivity contribution in [2.45, 2.75) is 13.0 Å². The number of hydrogen-bond donors (Lipinski definition) is 1. The predicted molar refractivity (Wildman–Crippen MR) is 28.2 cm³/mol. The molecule has 1 radical (unpaired) electrons. The summed E-state index contributed by atoms with van der Waals surface area (Å²) in [5.41, 5.74) is 0. The molecule has 0 aromatic rings. The molecule has 0 bridgehead atoms. The quantitative estimate of drug-likeness (QED) is 0.401. The number of aliphatic hydroxyl groups is 1. The van der Waals surface area contributed by atoms with E-state index in [0.717, 1.165) is 0 Å². The zero-order chi connectivity index (χ0) is 4.28. The first-order chi connectivity index (χ1) is 2.27. The van der Waals surface area contributed by atoms with Crippen LogP contribution in [0.15, 0.2) is 0 Å². The van der Waals surface area contributed by atoms with E-state index in [1.807, 2.05) is 0 Å². The Hall–Kier alpha value is 1.89. The van der Waals surface area contributed by atoms with E-state index in [2.05, 4.69) is 0 Å². The van der Waals surface area contributed by atoms with E-state index in [9.17, 15) is 0 Å². The van der Waals surface area contributed by atoms with E-state index in [4.69, 9.17) is 16.7 Å². The standard InChI is InChI=1S/C3H7ClO.K/c1-3(5)2-4;/h3,5H,2H2,1H3;. The topological polar surface area (TPSA) is 20.2 Å². The SMILES string of the molecule is CC(O)CCl.[K]. The van der Waals surface area contributed by atoms with Crippen molar-refractivity contribution in [2.75, 3.05) is 5.88 Å². The molecule has 1 atom stereocenters. The number of halogens is 1. The van der Waals surface area contributed by atoms with Gasteiger partial charge in [0.2, 0.25) is 0 Å². The van der Waals surface area contributed by atoms with Gasteiger partial charge in [-0.2, -0.15) is 0 Å². The van der Waals surface area contributed by atoms with E-state index in [-0.39, 0.29) is 57.5 Å². The molecule has 1 unspecified atom stereocenters. The average Bonchev–Trinajstić information content (AvgIpc) is 1.38. The van der Waals surface area contributed by atoms with Gasteiger partial charge in [0.15, 0.2) is 0 Å². The number of rotatable bonds is 1. The minimum absolute atomic E-state index is 0. The van der Waals surface area contributed by atoms with Gasteiger partial charge in [-0.25, -0.2) is 0 Å². The number of hydrogen-bond acceptors (Lipinski definition) is 1. The van der Waals surface area contributed by atoms with E-state index < -0.39 is 0 Å². The van der Waals surface area contributed by atoms with Crippen LogP contribution in [0.3, 0.4) is 0 Å². The Morgan fingerprint density at radius 3 is 2.00 bits per heavy atom. The van der Waals surface area contributed by atoms with Crippen LogP contribution in [-0.2, 0) is 0 Å². The molecule has 0 aliphatic rings. The molecule has 0 saturated carbocycles. The Balaban J connectivity index is 0. The summed E-state index contributed by atoms with van der Waals surface area (Å²) < 4.78 is 0. The second-order valence-electron chi connectivity index (χ2n) is 1.00. The normalized spacial score (nSPS) is 12.5. The maximum absolute atomic E-state index is 8.23. The van der Waals surface area contributed by atoms with Gasteiger partial charge < -0.3 is 5.11 Å². The van der Waals surface area contributed by atoms with E-state index >= 15 is 0 Å². The van der Waals surface area contributed by atoms with Crippen LogP contribution >= 0.6 is 11.6 Å². The molecular weight excluding hydrogens is 127 g/mol. The third-order valence-electron chi connectivity index (χ3n) is 0.223. The van der Waals surface area contributed by atoms with Gasteiger partial charge in [-0.1, -0.05) is 0 Å². The van der Waals surface area contributed by atoms with Crippen molar-refractivity contribution in [1.82, 2.24) is 0 Å². The molecule has 1 nitrogen and oxygen atoms in total. The van der Waals surface area contributed by atoms with Crippen molar-refractivity contribution in [2.24, 2.45) is 0 Å². The van der Waals surface area contributed by atoms with Gasteiger partial charge in [0.1, 0.15) is 0 Å². The summed E-state index contributed by atoms with van der Waals surface area (Å²) in [6.07, 6.45) is -0.350. The summed E-state index contributed by atoms with van der Waals surface area (Å²) in [7, 11) is 0. The molecule has 6 heavy (non-hydrogen) atoms. The first-order valence-corrected chi connectivity index (χ1v) is 2.05. The molecular formula is C3H7ClKO. The molecule has 0 heterocycles. The molecule has 0 spiro atoms. The molecule has 0 saturated heterocycles. The number of aliphatic hydroxyl groups excluding tert-OH is 1. The first kappa shape index (κ1) is 10.8. The fraction of sp³-hybridized carbons (Fsp3) is 1.00. The van der Waals surface area contributed by atoms with Crippen molar-refractivity contribution >= 4 is 63.0 Å². The summed E-state index contributed by atoms with van der Waals surface area (Å²) >= 11 is 5.09. The Labute approximate surface area is 85.5 Å². The van der Waals surface area contributed by atoms with Gasteiger partial charge in [-0.3, -0.25) is 0 Å². The van der Waals surface area contributed by atoms with Crippen LogP contribution in [0.25, 0.3) is 0 Å². The largest absolute Gasteiger partial charge is 0.392 e. The summed E-state index contributed by atoms with van der Waals surface area (Å²) in [5.74, 6) is 0.333. The summed E-state index contributed by atoms with van der Waals surface area (Å²) in [6.45, 7) is 1.65. The Morgan fingerprint density at radius 2 is 2.00 bits per heavy atom. The van der Waals surface area contributed by atoms with Crippen LogP contribution in [0.1, 0.15) is 6.92 Å². The fourth-order valence-electron chi connectivity index (χ4n) is 0. The monoisotopic (exact) mass is 133 g/mol. The molecule has 3 heteroatoms. The van der Waals surface area contributed by atoms with E-state index in [0.29, 0.717) is 5.88 Å². The van der Waals surface area contributed by atoms with Gasteiger partial charge >= 0.3 is 0 Å². The van der Waals surface area contributed by atoms with Crippen LogP contribution in [0.4, 0.5) is 0 Å². The zero-order valence-electron chi connectivity index (χ0n) is 4.11. The van der Waals surface area contributed by atoms with Crippen molar-refractivity contribution in [3.8, 4) is 0 Å². The Kier molecular flexibility index (Phi) is 12.4. The van der Waals surface area contributed by atoms with Crippen LogP contribution < -0.4 is 0 Å². The first-order valence-electron chi connectivity index (χ1n) is 1.51. The predicted octanol–water partition coefficient (Wildman–Crippen LogP) is 0.225. The Bertz CT molecular complexity index is 24.8. The minimum atomic E-state index is -0.350. The molecule has 0 aliphatic heterocycles. The summed E-state index contributed by atoms with van der Waals surface area (Å²) in [6, 6.07) is 0. The minimum Gasteiger partial charge on any atom is -0.392 e. The summed E-state index contributed by atoms with van der Waals surface area (Å²) in [5, 5.41) is 8.23. The van der Waals surface area contributed by atoms with Crippen LogP contribution in [0, 0.1) is 0 Å². The van der Waals surface area contributed by atoms with Gasteiger partial charge in [0, 0.05) is 57.3 Å². The molecule has 0 aromatic heterocycles. The smallest absolute Gasteiger partial charge is 0.0647 e. The molecule has 0 fully saturated rings. The van der Waals surface area contributed by atoms with Crippen LogP contribution in [0.2, 0.25) is 0 Å². The van der Waals surface area contributed by atoms with Crippen molar-refractivity contribution in [3.63, 3.8) is 0 Å². The maximum Gasteiger partial charge on any atom is 0.0647 e. The van der Waals surface area contributed by atoms with E-state index in [1.54, 1.807) is 6.92 Å². The molecule has 0 amide bonds. The van der Waals surface area contributed by atoms with Crippen molar-refractivity contribution < 1.29 is 5.11 Å². The molecule has 0 aromatic carbocycles. The molecule has 0 rings (SSSR count). The average molecular weight is 134 g/mol.